The number of halogens is 2. The lowest BCUT2D eigenvalue weighted by Crippen LogP contribution is -2.38. The molecule has 1 aromatic rings. The Kier molecular flexibility index (Phi) is 3.17. The first-order chi connectivity index (χ1) is 6.35. The Morgan fingerprint density at radius 3 is 2.43 bits per heavy atom. The minimum absolute atomic E-state index is 0.133. The van der Waals surface area contributed by atoms with Gasteiger partial charge >= 0.3 is 0 Å². The molecule has 1 rings (SSSR count). The minimum atomic E-state index is -0.522. The molecular formula is C11H15ClFN. The Labute approximate surface area is 89.1 Å². The van der Waals surface area contributed by atoms with E-state index in [0.29, 0.717) is 0 Å². The second-order valence-electron chi connectivity index (χ2n) is 4.07. The van der Waals surface area contributed by atoms with Crippen molar-refractivity contribution >= 4 is 11.6 Å². The molecule has 0 aliphatic rings. The third kappa shape index (κ3) is 2.07. The Morgan fingerprint density at radius 2 is 2.00 bits per heavy atom. The summed E-state index contributed by atoms with van der Waals surface area (Å²) in [6.07, 6.45) is 0. The molecule has 0 saturated carbocycles. The number of nitrogens with two attached hydrogens (primary N) is 1. The number of hydrogen-bond donors (Lipinski definition) is 1. The molecule has 0 spiro atoms. The van der Waals surface area contributed by atoms with Crippen molar-refractivity contribution < 1.29 is 4.39 Å². The van der Waals surface area contributed by atoms with Gasteiger partial charge in [-0.15, -0.1) is 0 Å². The molecule has 0 saturated heterocycles. The molecule has 1 atom stereocenters. The second-order valence-corrected chi connectivity index (χ2v) is 4.47. The van der Waals surface area contributed by atoms with Crippen LogP contribution in [0.4, 0.5) is 4.39 Å². The lowest BCUT2D eigenvalue weighted by atomic mass is 9.83. The molecule has 0 fully saturated rings. The molecule has 0 amide bonds. The summed E-state index contributed by atoms with van der Waals surface area (Å²) in [7, 11) is 0. The Balaban J connectivity index is 3.14. The van der Waals surface area contributed by atoms with Crippen molar-refractivity contribution in [2.45, 2.75) is 26.3 Å². The van der Waals surface area contributed by atoms with Gasteiger partial charge in [0.25, 0.3) is 0 Å². The Hall–Kier alpha value is -0.600. The van der Waals surface area contributed by atoms with E-state index in [9.17, 15) is 4.39 Å². The standard InChI is InChI=1S/C11H15ClFN/c1-7(2)11(3,14)8-4-5-9(12)10(13)6-8/h4-7H,14H2,1-3H3. The maximum atomic E-state index is 13.2. The number of benzene rings is 1. The summed E-state index contributed by atoms with van der Waals surface area (Å²) in [5.41, 5.74) is 6.34. The molecule has 1 aromatic carbocycles. The predicted molar refractivity (Wildman–Crippen MR) is 57.8 cm³/mol. The summed E-state index contributed by atoms with van der Waals surface area (Å²) in [5.74, 6) is -0.176. The normalized spacial score (nSPS) is 15.6. The highest BCUT2D eigenvalue weighted by molar-refractivity contribution is 6.30. The van der Waals surface area contributed by atoms with E-state index in [2.05, 4.69) is 0 Å². The first-order valence-corrected chi connectivity index (χ1v) is 4.98. The van der Waals surface area contributed by atoms with Crippen molar-refractivity contribution in [3.8, 4) is 0 Å². The zero-order chi connectivity index (χ0) is 10.9. The molecule has 0 aliphatic carbocycles. The molecule has 1 unspecified atom stereocenters. The van der Waals surface area contributed by atoms with Gasteiger partial charge in [0.05, 0.1) is 5.02 Å². The van der Waals surface area contributed by atoms with Gasteiger partial charge in [-0.25, -0.2) is 4.39 Å². The quantitative estimate of drug-likeness (QED) is 0.805. The van der Waals surface area contributed by atoms with Crippen LogP contribution in [-0.2, 0) is 5.54 Å². The summed E-state index contributed by atoms with van der Waals surface area (Å²) in [4.78, 5) is 0. The molecule has 2 N–H and O–H groups in total. The van der Waals surface area contributed by atoms with Gasteiger partial charge in [-0.3, -0.25) is 0 Å². The molecule has 14 heavy (non-hydrogen) atoms. The van der Waals surface area contributed by atoms with Gasteiger partial charge in [0, 0.05) is 5.54 Å². The fourth-order valence-electron chi connectivity index (χ4n) is 1.16. The third-order valence-electron chi connectivity index (χ3n) is 2.74. The fourth-order valence-corrected chi connectivity index (χ4v) is 1.28. The van der Waals surface area contributed by atoms with Crippen molar-refractivity contribution in [2.75, 3.05) is 0 Å². The van der Waals surface area contributed by atoms with Crippen LogP contribution < -0.4 is 5.73 Å². The highest BCUT2D eigenvalue weighted by Crippen LogP contribution is 2.28. The SMILES string of the molecule is CC(C)C(C)(N)c1ccc(Cl)c(F)c1. The Bertz CT molecular complexity index is 334. The van der Waals surface area contributed by atoms with Gasteiger partial charge in [0.15, 0.2) is 0 Å². The van der Waals surface area contributed by atoms with E-state index in [1.165, 1.54) is 6.07 Å². The van der Waals surface area contributed by atoms with Crippen LogP contribution in [0, 0.1) is 11.7 Å². The van der Waals surface area contributed by atoms with Gasteiger partial charge in [-0.05, 0) is 30.5 Å². The molecule has 0 heterocycles. The van der Waals surface area contributed by atoms with Crippen molar-refractivity contribution in [3.05, 3.63) is 34.6 Å². The largest absolute Gasteiger partial charge is 0.321 e. The van der Waals surface area contributed by atoms with E-state index in [1.807, 2.05) is 20.8 Å². The molecule has 0 aromatic heterocycles. The van der Waals surface area contributed by atoms with E-state index in [-0.39, 0.29) is 10.9 Å². The average Bonchev–Trinajstić information content (AvgIpc) is 2.09. The van der Waals surface area contributed by atoms with E-state index < -0.39 is 11.4 Å². The molecule has 0 radical (unpaired) electrons. The lowest BCUT2D eigenvalue weighted by molar-refractivity contribution is 0.349. The maximum Gasteiger partial charge on any atom is 0.142 e. The molecular weight excluding hydrogens is 201 g/mol. The van der Waals surface area contributed by atoms with Crippen LogP contribution in [0.3, 0.4) is 0 Å². The smallest absolute Gasteiger partial charge is 0.142 e. The van der Waals surface area contributed by atoms with Crippen molar-refractivity contribution in [3.63, 3.8) is 0 Å². The number of rotatable bonds is 2. The topological polar surface area (TPSA) is 26.0 Å². The fraction of sp³-hybridized carbons (Fsp3) is 0.455. The highest BCUT2D eigenvalue weighted by Gasteiger charge is 2.25. The average molecular weight is 216 g/mol. The summed E-state index contributed by atoms with van der Waals surface area (Å²) in [6.45, 7) is 5.90. The van der Waals surface area contributed by atoms with Crippen LogP contribution in [0.5, 0.6) is 0 Å². The van der Waals surface area contributed by atoms with Crippen LogP contribution in [0.25, 0.3) is 0 Å². The molecule has 0 bridgehead atoms. The highest BCUT2D eigenvalue weighted by atomic mass is 35.5. The van der Waals surface area contributed by atoms with E-state index in [4.69, 9.17) is 17.3 Å². The summed E-state index contributed by atoms with van der Waals surface area (Å²) < 4.78 is 13.2. The van der Waals surface area contributed by atoms with Gasteiger partial charge < -0.3 is 5.73 Å². The molecule has 1 nitrogen and oxygen atoms in total. The van der Waals surface area contributed by atoms with Gasteiger partial charge in [-0.2, -0.15) is 0 Å². The van der Waals surface area contributed by atoms with E-state index >= 15 is 0 Å². The van der Waals surface area contributed by atoms with Crippen LogP contribution in [0.1, 0.15) is 26.3 Å². The summed E-state index contributed by atoms with van der Waals surface area (Å²) >= 11 is 5.59. The third-order valence-corrected chi connectivity index (χ3v) is 3.05. The van der Waals surface area contributed by atoms with E-state index in [1.54, 1.807) is 12.1 Å². The van der Waals surface area contributed by atoms with Gasteiger partial charge in [0.1, 0.15) is 5.82 Å². The summed E-state index contributed by atoms with van der Waals surface area (Å²) in [6, 6.07) is 4.72. The number of hydrogen-bond acceptors (Lipinski definition) is 1. The predicted octanol–water partition coefficient (Wildman–Crippen LogP) is 3.31. The van der Waals surface area contributed by atoms with Crippen molar-refractivity contribution in [2.24, 2.45) is 11.7 Å². The van der Waals surface area contributed by atoms with E-state index in [0.717, 1.165) is 5.56 Å². The minimum Gasteiger partial charge on any atom is -0.321 e. The zero-order valence-corrected chi connectivity index (χ0v) is 9.40. The molecule has 0 aliphatic heterocycles. The summed E-state index contributed by atoms with van der Waals surface area (Å²) in [5, 5.41) is 0.133. The lowest BCUT2D eigenvalue weighted by Gasteiger charge is -2.29. The van der Waals surface area contributed by atoms with Crippen LogP contribution >= 0.6 is 11.6 Å². The second kappa shape index (κ2) is 3.87. The first-order valence-electron chi connectivity index (χ1n) is 4.60. The molecule has 78 valence electrons. The zero-order valence-electron chi connectivity index (χ0n) is 8.64. The Morgan fingerprint density at radius 1 is 1.43 bits per heavy atom. The van der Waals surface area contributed by atoms with Crippen molar-refractivity contribution in [1.29, 1.82) is 0 Å². The van der Waals surface area contributed by atoms with Crippen LogP contribution in [-0.4, -0.2) is 0 Å². The first kappa shape index (κ1) is 11.5. The van der Waals surface area contributed by atoms with Gasteiger partial charge in [0.2, 0.25) is 0 Å². The monoisotopic (exact) mass is 215 g/mol. The van der Waals surface area contributed by atoms with Gasteiger partial charge in [-0.1, -0.05) is 31.5 Å². The van der Waals surface area contributed by atoms with Crippen LogP contribution in [0.15, 0.2) is 18.2 Å². The van der Waals surface area contributed by atoms with Crippen LogP contribution in [0.2, 0.25) is 5.02 Å². The maximum absolute atomic E-state index is 13.2. The molecule has 3 heteroatoms. The van der Waals surface area contributed by atoms with Crippen molar-refractivity contribution in [1.82, 2.24) is 0 Å².